The molecule has 2 aliphatic heterocycles. The quantitative estimate of drug-likeness (QED) is 0.134. The molecule has 4 unspecified atom stereocenters. The second kappa shape index (κ2) is 13.8. The molecule has 2 aromatic heterocycles. The molecule has 4 heterocycles. The fraction of sp³-hybridized carbons (Fsp3) is 0.571. The van der Waals surface area contributed by atoms with Crippen LogP contribution in [0.4, 0.5) is 20.2 Å². The van der Waals surface area contributed by atoms with Crippen molar-refractivity contribution in [1.82, 2.24) is 24.1 Å². The van der Waals surface area contributed by atoms with E-state index in [9.17, 15) is 29.7 Å². The third-order valence-electron chi connectivity index (χ3n) is 13.7. The fourth-order valence-corrected chi connectivity index (χ4v) is 10.1. The number of nitrogens with two attached hydrogens (primary N) is 2. The number of nitrogens with one attached hydrogen (secondary N) is 2. The molecule has 17 heteroatoms. The number of anilines is 2. The molecule has 8 rings (SSSR count). The number of halogens is 2. The van der Waals surface area contributed by atoms with E-state index in [4.69, 9.17) is 11.6 Å². The zero-order chi connectivity index (χ0) is 42.7. The molecule has 2 aromatic carbocycles. The highest BCUT2D eigenvalue weighted by molar-refractivity contribution is 5.88. The number of nitriles is 2. The van der Waals surface area contributed by atoms with E-state index in [1.807, 2.05) is 9.80 Å². The summed E-state index contributed by atoms with van der Waals surface area (Å²) >= 11 is 0. The predicted octanol–water partition coefficient (Wildman–Crippen LogP) is 3.51. The summed E-state index contributed by atoms with van der Waals surface area (Å²) in [6.45, 7) is 11.8. The average Bonchev–Trinajstić information content (AvgIpc) is 4.11. The van der Waals surface area contributed by atoms with Gasteiger partial charge in [0.15, 0.2) is 0 Å². The predicted molar refractivity (Wildman–Crippen MR) is 221 cm³/mol. The van der Waals surface area contributed by atoms with E-state index < -0.39 is 62.6 Å². The normalized spacial score (nSPS) is 21.5. The van der Waals surface area contributed by atoms with Gasteiger partial charge in [0.2, 0.25) is 0 Å². The van der Waals surface area contributed by atoms with Crippen LogP contribution in [0, 0.1) is 70.8 Å². The van der Waals surface area contributed by atoms with Gasteiger partial charge in [-0.05, 0) is 98.1 Å². The second-order valence-electron chi connectivity index (χ2n) is 18.4. The van der Waals surface area contributed by atoms with E-state index in [0.717, 1.165) is 31.7 Å². The van der Waals surface area contributed by atoms with Gasteiger partial charge in [-0.3, -0.25) is 29.0 Å². The Hall–Kier alpha value is -5.52. The van der Waals surface area contributed by atoms with E-state index in [2.05, 4.69) is 22.4 Å². The van der Waals surface area contributed by atoms with E-state index in [-0.39, 0.29) is 41.0 Å². The Bertz CT molecular complexity index is 2770. The summed E-state index contributed by atoms with van der Waals surface area (Å²) < 4.78 is 36.0. The summed E-state index contributed by atoms with van der Waals surface area (Å²) in [4.78, 5) is 58.2. The van der Waals surface area contributed by atoms with Crippen molar-refractivity contribution in [3.05, 3.63) is 76.6 Å². The van der Waals surface area contributed by atoms with Crippen molar-refractivity contribution in [3.63, 3.8) is 0 Å². The number of nitrogen functional groups attached to an aromatic ring is 1. The number of benzene rings is 2. The van der Waals surface area contributed by atoms with E-state index in [1.165, 1.54) is 10.6 Å². The summed E-state index contributed by atoms with van der Waals surface area (Å²) in [5.41, 5.74) is 3.42. The SMILES string of the molecule is Cc1c(N2CCC(C(NC(N)(C3CCN(c4c(F)cc5c(=O)n(N)c(=O)n(C6CC6)c5c4C)C3)C(C)(C)C#N)C(C)(C)C#N)C2)c(F)cc2c(=O)[nH]c(=O)n(C3CC3)c12. The highest BCUT2D eigenvalue weighted by atomic mass is 19.1. The Labute approximate surface area is 338 Å². The summed E-state index contributed by atoms with van der Waals surface area (Å²) in [6, 6.07) is 6.36. The van der Waals surface area contributed by atoms with Crippen LogP contribution in [0.15, 0.2) is 31.3 Å². The maximum absolute atomic E-state index is 16.2. The Morgan fingerprint density at radius 1 is 0.814 bits per heavy atom. The number of fused-ring (bicyclic) bond motifs is 2. The zero-order valence-electron chi connectivity index (χ0n) is 34.3. The van der Waals surface area contributed by atoms with Gasteiger partial charge in [-0.15, -0.1) is 0 Å². The number of hydrogen-bond acceptors (Lipinski definition) is 11. The van der Waals surface area contributed by atoms with Crippen molar-refractivity contribution in [1.29, 1.82) is 10.5 Å². The standard InChI is InChI=1S/C42H51F2N11O4/c1-21-31-27(36(56)49-38(58)53(31)25-7-8-25)15-29(43)33(21)51-13-11-23(17-51)35(40(3,4)19-45)50-42(47,41(5,6)20-46)24-12-14-52(18-24)34-22(2)32-28(16-30(34)44)37(57)55(48)39(59)54(32)26-9-10-26/h15-16,23-26,35,50H,7-14,17-18,47-48H2,1-6H3,(H,49,56,58). The van der Waals surface area contributed by atoms with Gasteiger partial charge < -0.3 is 21.4 Å². The molecule has 4 fully saturated rings. The van der Waals surface area contributed by atoms with Gasteiger partial charge in [0, 0.05) is 61.3 Å². The van der Waals surface area contributed by atoms with Crippen LogP contribution in [0.2, 0.25) is 0 Å². The molecule has 312 valence electrons. The lowest BCUT2D eigenvalue weighted by atomic mass is 9.69. The lowest BCUT2D eigenvalue weighted by Gasteiger charge is -2.50. The van der Waals surface area contributed by atoms with Crippen molar-refractivity contribution in [3.8, 4) is 12.1 Å². The van der Waals surface area contributed by atoms with Crippen molar-refractivity contribution in [2.24, 2.45) is 28.4 Å². The van der Waals surface area contributed by atoms with E-state index in [0.29, 0.717) is 65.0 Å². The average molecular weight is 812 g/mol. The topological polar surface area (TPSA) is 217 Å². The van der Waals surface area contributed by atoms with Crippen molar-refractivity contribution in [2.75, 3.05) is 41.8 Å². The number of aromatic amines is 1. The molecule has 4 atom stereocenters. The minimum absolute atomic E-state index is 0.0193. The zero-order valence-corrected chi connectivity index (χ0v) is 34.3. The number of aromatic nitrogens is 4. The van der Waals surface area contributed by atoms with Gasteiger partial charge in [-0.25, -0.2) is 18.4 Å². The lowest BCUT2D eigenvalue weighted by molar-refractivity contribution is 0.0600. The third kappa shape index (κ3) is 6.23. The Morgan fingerprint density at radius 2 is 1.36 bits per heavy atom. The van der Waals surface area contributed by atoms with E-state index >= 15 is 8.78 Å². The maximum Gasteiger partial charge on any atom is 0.350 e. The largest absolute Gasteiger partial charge is 0.369 e. The molecular formula is C42H51F2N11O4. The molecule has 15 nitrogen and oxygen atoms in total. The number of hydrogen-bond donors (Lipinski definition) is 4. The van der Waals surface area contributed by atoms with Crippen LogP contribution in [0.3, 0.4) is 0 Å². The summed E-state index contributed by atoms with van der Waals surface area (Å²) in [5.74, 6) is 3.91. The molecule has 4 aliphatic rings. The maximum atomic E-state index is 16.2. The van der Waals surface area contributed by atoms with Gasteiger partial charge in [-0.2, -0.15) is 15.2 Å². The van der Waals surface area contributed by atoms with E-state index in [1.54, 1.807) is 46.1 Å². The highest BCUT2D eigenvalue weighted by Crippen LogP contribution is 2.45. The number of nitrogens with zero attached hydrogens (tertiary/aromatic N) is 7. The highest BCUT2D eigenvalue weighted by Gasteiger charge is 2.54. The first-order valence-corrected chi connectivity index (χ1v) is 20.4. The van der Waals surface area contributed by atoms with Crippen LogP contribution in [-0.2, 0) is 0 Å². The van der Waals surface area contributed by atoms with Crippen molar-refractivity contribution in [2.45, 2.75) is 104 Å². The van der Waals surface area contributed by atoms with Gasteiger partial charge in [0.1, 0.15) is 11.6 Å². The van der Waals surface area contributed by atoms with Crippen LogP contribution >= 0.6 is 0 Å². The first-order valence-electron chi connectivity index (χ1n) is 20.4. The lowest BCUT2D eigenvalue weighted by Crippen LogP contribution is -2.72. The van der Waals surface area contributed by atoms with Gasteiger partial charge in [0.25, 0.3) is 11.1 Å². The summed E-state index contributed by atoms with van der Waals surface area (Å²) in [7, 11) is 0. The summed E-state index contributed by atoms with van der Waals surface area (Å²) in [6.07, 6.45) is 4.02. The molecule has 0 bridgehead atoms. The minimum Gasteiger partial charge on any atom is -0.369 e. The molecule has 6 N–H and O–H groups in total. The number of aryl methyl sites for hydroxylation is 2. The molecule has 0 amide bonds. The molecule has 4 aromatic rings. The minimum atomic E-state index is -1.43. The smallest absolute Gasteiger partial charge is 0.350 e. The van der Waals surface area contributed by atoms with Crippen LogP contribution < -0.4 is 49.2 Å². The molecule has 59 heavy (non-hydrogen) atoms. The monoisotopic (exact) mass is 811 g/mol. The first-order chi connectivity index (χ1) is 27.8. The Morgan fingerprint density at radius 3 is 1.93 bits per heavy atom. The summed E-state index contributed by atoms with van der Waals surface area (Å²) in [5, 5.41) is 25.0. The molecule has 2 saturated heterocycles. The second-order valence-corrected chi connectivity index (χ2v) is 18.4. The van der Waals surface area contributed by atoms with Gasteiger partial charge in [-0.1, -0.05) is 0 Å². The molecular weight excluding hydrogens is 761 g/mol. The Balaban J connectivity index is 1.14. The number of rotatable bonds is 10. The Kier molecular flexibility index (Phi) is 9.40. The van der Waals surface area contributed by atoms with Gasteiger partial charge in [0.05, 0.1) is 61.8 Å². The van der Waals surface area contributed by atoms with Crippen LogP contribution in [0.25, 0.3) is 21.8 Å². The molecule has 0 radical (unpaired) electrons. The fourth-order valence-electron chi connectivity index (χ4n) is 10.1. The molecule has 2 saturated carbocycles. The molecule has 0 spiro atoms. The first kappa shape index (κ1) is 40.3. The van der Waals surface area contributed by atoms with Crippen LogP contribution in [0.5, 0.6) is 0 Å². The van der Waals surface area contributed by atoms with Crippen LogP contribution in [-0.4, -0.2) is 56.7 Å². The van der Waals surface area contributed by atoms with Crippen molar-refractivity contribution < 1.29 is 8.78 Å². The van der Waals surface area contributed by atoms with Gasteiger partial charge >= 0.3 is 11.4 Å². The van der Waals surface area contributed by atoms with Crippen molar-refractivity contribution >= 4 is 33.2 Å². The number of H-pyrrole nitrogens is 1. The molecule has 2 aliphatic carbocycles. The third-order valence-corrected chi connectivity index (χ3v) is 13.7. The van der Waals surface area contributed by atoms with Crippen LogP contribution in [0.1, 0.15) is 89.4 Å².